The Bertz CT molecular complexity index is 386. The summed E-state index contributed by atoms with van der Waals surface area (Å²) in [5, 5.41) is 0. The van der Waals surface area contributed by atoms with Crippen LogP contribution in [0.15, 0.2) is 24.3 Å². The number of thioether (sulfide) groups is 1. The predicted molar refractivity (Wildman–Crippen MR) is 78.7 cm³/mol. The number of rotatable bonds is 7. The van der Waals surface area contributed by atoms with E-state index in [0.29, 0.717) is 11.7 Å². The highest BCUT2D eigenvalue weighted by Crippen LogP contribution is 2.17. The molecule has 0 aliphatic rings. The molecular weight excluding hydrogens is 244 g/mol. The quantitative estimate of drug-likeness (QED) is 0.697. The van der Waals surface area contributed by atoms with E-state index >= 15 is 0 Å². The van der Waals surface area contributed by atoms with Crippen molar-refractivity contribution in [2.24, 2.45) is 5.92 Å². The molecule has 2 nitrogen and oxygen atoms in total. The molecule has 0 bridgehead atoms. The van der Waals surface area contributed by atoms with E-state index in [1.165, 1.54) is 0 Å². The lowest BCUT2D eigenvalue weighted by molar-refractivity contribution is 0.102. The first-order valence-corrected chi connectivity index (χ1v) is 7.52. The highest BCUT2D eigenvalue weighted by Gasteiger charge is 2.08. The Morgan fingerprint density at radius 2 is 2.00 bits per heavy atom. The minimum atomic E-state index is 0.130. The lowest BCUT2D eigenvalue weighted by Crippen LogP contribution is -2.08. The normalized spacial score (nSPS) is 11.0. The molecule has 1 aromatic rings. The van der Waals surface area contributed by atoms with Gasteiger partial charge in [0.05, 0.1) is 11.9 Å². The van der Waals surface area contributed by atoms with Crippen LogP contribution in [0, 0.1) is 5.92 Å². The number of ether oxygens (including phenoxy) is 1. The van der Waals surface area contributed by atoms with Crippen molar-refractivity contribution in [3.05, 3.63) is 29.8 Å². The fraction of sp³-hybridized carbons (Fsp3) is 0.533. The van der Waals surface area contributed by atoms with Gasteiger partial charge < -0.3 is 4.74 Å². The zero-order chi connectivity index (χ0) is 13.5. The molecule has 1 rings (SSSR count). The van der Waals surface area contributed by atoms with Gasteiger partial charge in [-0.15, -0.1) is 0 Å². The van der Waals surface area contributed by atoms with Gasteiger partial charge in [0.2, 0.25) is 0 Å². The summed E-state index contributed by atoms with van der Waals surface area (Å²) in [6, 6.07) is 7.44. The Hall–Kier alpha value is -0.960. The maximum absolute atomic E-state index is 12.0. The second kappa shape index (κ2) is 7.47. The van der Waals surface area contributed by atoms with Crippen LogP contribution in [0.4, 0.5) is 0 Å². The maximum Gasteiger partial charge on any atom is 0.172 e. The molecule has 1 aromatic carbocycles. The Balaban J connectivity index is 2.57. The summed E-state index contributed by atoms with van der Waals surface area (Å²) < 4.78 is 5.59. The van der Waals surface area contributed by atoms with Crippen LogP contribution in [0.3, 0.4) is 0 Å². The van der Waals surface area contributed by atoms with Crippen molar-refractivity contribution in [3.8, 4) is 5.75 Å². The number of hydrogen-bond donors (Lipinski definition) is 0. The van der Waals surface area contributed by atoms with Crippen LogP contribution in [0.25, 0.3) is 0 Å². The Kier molecular flexibility index (Phi) is 6.27. The van der Waals surface area contributed by atoms with Crippen molar-refractivity contribution in [3.63, 3.8) is 0 Å². The highest BCUT2D eigenvalue weighted by atomic mass is 32.2. The van der Waals surface area contributed by atoms with Gasteiger partial charge in [-0.25, -0.2) is 0 Å². The van der Waals surface area contributed by atoms with Gasteiger partial charge in [-0.3, -0.25) is 4.79 Å². The molecule has 0 saturated heterocycles. The number of Topliss-reactive ketones (excluding diaryl/α,β-unsaturated/α-hetero) is 1. The van der Waals surface area contributed by atoms with Crippen molar-refractivity contribution < 1.29 is 9.53 Å². The van der Waals surface area contributed by atoms with E-state index in [0.717, 1.165) is 17.1 Å². The second-order valence-corrected chi connectivity index (χ2v) is 6.06. The van der Waals surface area contributed by atoms with Crippen molar-refractivity contribution in [2.75, 3.05) is 11.5 Å². The number of benzene rings is 1. The lowest BCUT2D eigenvalue weighted by Gasteiger charge is -2.10. The summed E-state index contributed by atoms with van der Waals surface area (Å²) >= 11 is 1.69. The fourth-order valence-electron chi connectivity index (χ4n) is 1.49. The second-order valence-electron chi connectivity index (χ2n) is 5.03. The standard InChI is InChI=1S/C15H22O2S/c1-11(2)9-18-10-15(16)13-6-5-7-14(8-13)17-12(3)4/h5-8,11-12H,9-10H2,1-4H3. The lowest BCUT2D eigenvalue weighted by atomic mass is 10.1. The van der Waals surface area contributed by atoms with Crippen LogP contribution in [-0.4, -0.2) is 23.4 Å². The van der Waals surface area contributed by atoms with Gasteiger partial charge >= 0.3 is 0 Å². The minimum Gasteiger partial charge on any atom is -0.491 e. The van der Waals surface area contributed by atoms with Crippen LogP contribution >= 0.6 is 11.8 Å². The number of carbonyl (C=O) groups excluding carboxylic acids is 1. The molecule has 3 heteroatoms. The molecule has 0 N–H and O–H groups in total. The zero-order valence-corrected chi connectivity index (χ0v) is 12.4. The smallest absolute Gasteiger partial charge is 0.172 e. The van der Waals surface area contributed by atoms with Gasteiger partial charge in [-0.2, -0.15) is 11.8 Å². The molecule has 0 aliphatic carbocycles. The van der Waals surface area contributed by atoms with E-state index in [2.05, 4.69) is 13.8 Å². The Morgan fingerprint density at radius 1 is 1.28 bits per heavy atom. The third-order valence-corrected chi connectivity index (χ3v) is 3.58. The number of carbonyl (C=O) groups is 1. The number of hydrogen-bond acceptors (Lipinski definition) is 3. The van der Waals surface area contributed by atoms with Crippen LogP contribution < -0.4 is 4.74 Å². The van der Waals surface area contributed by atoms with E-state index in [9.17, 15) is 4.79 Å². The van der Waals surface area contributed by atoms with Crippen molar-refractivity contribution in [2.45, 2.75) is 33.8 Å². The van der Waals surface area contributed by atoms with Crippen molar-refractivity contribution in [1.29, 1.82) is 0 Å². The zero-order valence-electron chi connectivity index (χ0n) is 11.6. The Labute approximate surface area is 114 Å². The van der Waals surface area contributed by atoms with Crippen molar-refractivity contribution in [1.82, 2.24) is 0 Å². The summed E-state index contributed by atoms with van der Waals surface area (Å²) in [6.07, 6.45) is 0.130. The van der Waals surface area contributed by atoms with E-state index in [1.807, 2.05) is 38.1 Å². The first-order valence-electron chi connectivity index (χ1n) is 6.36. The fourth-order valence-corrected chi connectivity index (χ4v) is 2.43. The van der Waals surface area contributed by atoms with Gasteiger partial charge in [-0.05, 0) is 37.7 Å². The molecule has 18 heavy (non-hydrogen) atoms. The van der Waals surface area contributed by atoms with Gasteiger partial charge in [0.15, 0.2) is 5.78 Å². The summed E-state index contributed by atoms with van der Waals surface area (Å²) in [4.78, 5) is 12.0. The van der Waals surface area contributed by atoms with Crippen LogP contribution in [-0.2, 0) is 0 Å². The average Bonchev–Trinajstić information content (AvgIpc) is 2.27. The Morgan fingerprint density at radius 3 is 2.61 bits per heavy atom. The van der Waals surface area contributed by atoms with Gasteiger partial charge in [-0.1, -0.05) is 26.0 Å². The van der Waals surface area contributed by atoms with E-state index in [4.69, 9.17) is 4.74 Å². The van der Waals surface area contributed by atoms with Crippen LogP contribution in [0.5, 0.6) is 5.75 Å². The van der Waals surface area contributed by atoms with Gasteiger partial charge in [0.1, 0.15) is 5.75 Å². The number of ketones is 1. The summed E-state index contributed by atoms with van der Waals surface area (Å²) in [6.45, 7) is 8.28. The summed E-state index contributed by atoms with van der Waals surface area (Å²) in [7, 11) is 0. The molecule has 0 unspecified atom stereocenters. The molecule has 0 fully saturated rings. The molecular formula is C15H22O2S. The van der Waals surface area contributed by atoms with Crippen LogP contribution in [0.2, 0.25) is 0 Å². The third-order valence-electron chi connectivity index (χ3n) is 2.21. The molecule has 0 atom stereocenters. The first-order chi connectivity index (χ1) is 8.49. The highest BCUT2D eigenvalue weighted by molar-refractivity contribution is 7.99. The average molecular weight is 266 g/mol. The molecule has 100 valence electrons. The van der Waals surface area contributed by atoms with E-state index in [1.54, 1.807) is 11.8 Å². The van der Waals surface area contributed by atoms with Crippen LogP contribution in [0.1, 0.15) is 38.1 Å². The largest absolute Gasteiger partial charge is 0.491 e. The summed E-state index contributed by atoms with van der Waals surface area (Å²) in [5.41, 5.74) is 0.740. The maximum atomic E-state index is 12.0. The first kappa shape index (κ1) is 15.1. The SMILES string of the molecule is CC(C)CSCC(=O)c1cccc(OC(C)C)c1. The van der Waals surface area contributed by atoms with E-state index in [-0.39, 0.29) is 11.9 Å². The molecule has 0 amide bonds. The molecule has 0 spiro atoms. The molecule has 0 radical (unpaired) electrons. The molecule has 0 saturated carbocycles. The van der Waals surface area contributed by atoms with Gasteiger partial charge in [0.25, 0.3) is 0 Å². The minimum absolute atomic E-state index is 0.130. The topological polar surface area (TPSA) is 26.3 Å². The monoisotopic (exact) mass is 266 g/mol. The molecule has 0 aromatic heterocycles. The predicted octanol–water partition coefficient (Wildman–Crippen LogP) is 4.05. The van der Waals surface area contributed by atoms with E-state index < -0.39 is 0 Å². The molecule has 0 aliphatic heterocycles. The molecule has 0 heterocycles. The third kappa shape index (κ3) is 5.58. The van der Waals surface area contributed by atoms with Gasteiger partial charge in [0, 0.05) is 5.56 Å². The summed E-state index contributed by atoms with van der Waals surface area (Å²) in [5.74, 6) is 3.13. The van der Waals surface area contributed by atoms with Crippen molar-refractivity contribution >= 4 is 17.5 Å².